The fourth-order valence-corrected chi connectivity index (χ4v) is 1.88. The number of aliphatic carboxylic acids is 1. The van der Waals surface area contributed by atoms with Crippen LogP contribution in [0.25, 0.3) is 0 Å². The molecule has 94 valence electrons. The molecule has 1 unspecified atom stereocenters. The average molecular weight is 258 g/mol. The summed E-state index contributed by atoms with van der Waals surface area (Å²) < 4.78 is 1.35. The number of amides is 1. The molecule has 2 N–H and O–H groups in total. The normalized spacial score (nSPS) is 12.1. The fraction of sp³-hybridized carbons (Fsp3) is 0.500. The molecule has 1 rings (SSSR count). The Hall–Kier alpha value is -1.63. The van der Waals surface area contributed by atoms with Gasteiger partial charge in [-0.1, -0.05) is 18.3 Å². The van der Waals surface area contributed by atoms with Crippen molar-refractivity contribution in [2.45, 2.75) is 20.4 Å². The van der Waals surface area contributed by atoms with Crippen molar-refractivity contribution >= 4 is 23.2 Å². The highest BCUT2D eigenvalue weighted by atomic mass is 32.1. The van der Waals surface area contributed by atoms with Gasteiger partial charge in [0.2, 0.25) is 5.91 Å². The number of nitrogens with zero attached hydrogens (tertiary/aromatic N) is 1. The zero-order valence-electron chi connectivity index (χ0n) is 9.60. The Morgan fingerprint density at radius 3 is 2.71 bits per heavy atom. The quantitative estimate of drug-likeness (QED) is 0.781. The molecule has 0 aliphatic heterocycles. The first-order valence-electron chi connectivity index (χ1n) is 5.06. The van der Waals surface area contributed by atoms with E-state index in [-0.39, 0.29) is 23.9 Å². The summed E-state index contributed by atoms with van der Waals surface area (Å²) in [6.45, 7) is 3.24. The van der Waals surface area contributed by atoms with Crippen LogP contribution in [-0.2, 0) is 16.1 Å². The Kier molecular flexibility index (Phi) is 4.45. The first-order valence-corrected chi connectivity index (χ1v) is 5.94. The van der Waals surface area contributed by atoms with E-state index in [1.807, 2.05) is 0 Å². The minimum Gasteiger partial charge on any atom is -0.481 e. The Balaban J connectivity index is 2.51. The second-order valence-corrected chi connectivity index (χ2v) is 4.59. The van der Waals surface area contributed by atoms with Gasteiger partial charge in [-0.3, -0.25) is 19.0 Å². The van der Waals surface area contributed by atoms with E-state index < -0.39 is 11.9 Å². The average Bonchev–Trinajstić information content (AvgIpc) is 2.57. The Morgan fingerprint density at radius 1 is 1.59 bits per heavy atom. The highest BCUT2D eigenvalue weighted by Gasteiger charge is 2.13. The maximum Gasteiger partial charge on any atom is 0.308 e. The summed E-state index contributed by atoms with van der Waals surface area (Å²) in [5, 5.41) is 12.8. The lowest BCUT2D eigenvalue weighted by atomic mass is 10.2. The summed E-state index contributed by atoms with van der Waals surface area (Å²) in [6, 6.07) is 0. The second-order valence-electron chi connectivity index (χ2n) is 3.77. The van der Waals surface area contributed by atoms with Crippen LogP contribution < -0.4 is 10.2 Å². The first kappa shape index (κ1) is 13.4. The zero-order chi connectivity index (χ0) is 13.0. The predicted molar refractivity (Wildman–Crippen MR) is 63.1 cm³/mol. The number of carboxylic acids is 1. The smallest absolute Gasteiger partial charge is 0.308 e. The van der Waals surface area contributed by atoms with E-state index in [2.05, 4.69) is 5.32 Å². The van der Waals surface area contributed by atoms with Crippen molar-refractivity contribution in [1.29, 1.82) is 0 Å². The summed E-state index contributed by atoms with van der Waals surface area (Å²) in [4.78, 5) is 33.2. The van der Waals surface area contributed by atoms with Gasteiger partial charge in [-0.05, 0) is 6.92 Å². The Morgan fingerprint density at radius 2 is 2.24 bits per heavy atom. The molecule has 17 heavy (non-hydrogen) atoms. The minimum atomic E-state index is -0.964. The summed E-state index contributed by atoms with van der Waals surface area (Å²) in [6.07, 6.45) is 0. The molecule has 1 atom stereocenters. The van der Waals surface area contributed by atoms with E-state index in [0.29, 0.717) is 0 Å². The maximum absolute atomic E-state index is 11.5. The molecule has 0 fully saturated rings. The van der Waals surface area contributed by atoms with Gasteiger partial charge in [-0.25, -0.2) is 0 Å². The largest absolute Gasteiger partial charge is 0.481 e. The molecular formula is C10H14N2O4S. The van der Waals surface area contributed by atoms with Crippen molar-refractivity contribution in [3.8, 4) is 0 Å². The third kappa shape index (κ3) is 3.70. The Bertz CT molecular complexity index is 477. The van der Waals surface area contributed by atoms with Crippen LogP contribution in [0.4, 0.5) is 0 Å². The molecule has 0 aliphatic rings. The molecule has 0 aromatic carbocycles. The van der Waals surface area contributed by atoms with Crippen molar-refractivity contribution in [2.75, 3.05) is 6.54 Å². The van der Waals surface area contributed by atoms with Gasteiger partial charge in [0.1, 0.15) is 6.54 Å². The van der Waals surface area contributed by atoms with Crippen molar-refractivity contribution in [3.63, 3.8) is 0 Å². The molecule has 1 aromatic rings. The zero-order valence-corrected chi connectivity index (χ0v) is 10.4. The number of rotatable bonds is 5. The molecule has 0 aliphatic carbocycles. The van der Waals surface area contributed by atoms with Crippen LogP contribution in [0.2, 0.25) is 0 Å². The number of aromatic nitrogens is 1. The SMILES string of the molecule is Cc1csc(=O)n1CC(=O)NCC(C)C(=O)O. The predicted octanol–water partition coefficient (Wildman–Crippen LogP) is 0.0551. The van der Waals surface area contributed by atoms with Crippen LogP contribution in [-0.4, -0.2) is 28.1 Å². The van der Waals surface area contributed by atoms with Gasteiger partial charge in [0.05, 0.1) is 5.92 Å². The van der Waals surface area contributed by atoms with Crippen LogP contribution in [0.5, 0.6) is 0 Å². The van der Waals surface area contributed by atoms with Gasteiger partial charge < -0.3 is 10.4 Å². The molecule has 1 aromatic heterocycles. The van der Waals surface area contributed by atoms with Crippen LogP contribution >= 0.6 is 11.3 Å². The molecule has 0 radical (unpaired) electrons. The number of carbonyl (C=O) groups excluding carboxylic acids is 1. The second kappa shape index (κ2) is 5.62. The number of hydrogen-bond acceptors (Lipinski definition) is 4. The monoisotopic (exact) mass is 258 g/mol. The van der Waals surface area contributed by atoms with Gasteiger partial charge in [0.15, 0.2) is 0 Å². The van der Waals surface area contributed by atoms with E-state index in [4.69, 9.17) is 5.11 Å². The van der Waals surface area contributed by atoms with Crippen molar-refractivity contribution in [1.82, 2.24) is 9.88 Å². The van der Waals surface area contributed by atoms with Crippen molar-refractivity contribution in [3.05, 3.63) is 20.7 Å². The molecule has 1 amide bonds. The lowest BCUT2D eigenvalue weighted by Crippen LogP contribution is -2.35. The standard InChI is InChI=1S/C10H14N2O4S/c1-6(9(14)15)3-11-8(13)4-12-7(2)5-17-10(12)16/h5-6H,3-4H2,1-2H3,(H,11,13)(H,14,15). The number of carbonyl (C=O) groups is 2. The van der Waals surface area contributed by atoms with Gasteiger partial charge in [0, 0.05) is 17.6 Å². The van der Waals surface area contributed by atoms with E-state index >= 15 is 0 Å². The van der Waals surface area contributed by atoms with Crippen molar-refractivity contribution in [2.24, 2.45) is 5.92 Å². The van der Waals surface area contributed by atoms with Gasteiger partial charge >= 0.3 is 10.8 Å². The van der Waals surface area contributed by atoms with E-state index in [9.17, 15) is 14.4 Å². The van der Waals surface area contributed by atoms with E-state index in [1.54, 1.807) is 12.3 Å². The van der Waals surface area contributed by atoms with E-state index in [0.717, 1.165) is 17.0 Å². The lowest BCUT2D eigenvalue weighted by Gasteiger charge is -2.09. The first-order chi connectivity index (χ1) is 7.91. The molecule has 1 heterocycles. The number of carboxylic acid groups (broad SMARTS) is 1. The van der Waals surface area contributed by atoms with Crippen LogP contribution in [0, 0.1) is 12.8 Å². The molecule has 0 spiro atoms. The molecule has 0 bridgehead atoms. The topological polar surface area (TPSA) is 88.4 Å². The molecular weight excluding hydrogens is 244 g/mol. The Labute approximate surface area is 102 Å². The number of hydrogen-bond donors (Lipinski definition) is 2. The van der Waals surface area contributed by atoms with E-state index in [1.165, 1.54) is 11.5 Å². The van der Waals surface area contributed by atoms with Gasteiger partial charge in [-0.2, -0.15) is 0 Å². The van der Waals surface area contributed by atoms with Crippen LogP contribution in [0.1, 0.15) is 12.6 Å². The summed E-state index contributed by atoms with van der Waals surface area (Å²) in [7, 11) is 0. The summed E-state index contributed by atoms with van der Waals surface area (Å²) in [5.41, 5.74) is 0.724. The van der Waals surface area contributed by atoms with Crippen LogP contribution in [0.15, 0.2) is 10.2 Å². The number of nitrogens with one attached hydrogen (secondary N) is 1. The summed E-state index contributed by atoms with van der Waals surface area (Å²) in [5.74, 6) is -1.96. The lowest BCUT2D eigenvalue weighted by molar-refractivity contribution is -0.141. The number of thiazole rings is 1. The third-order valence-electron chi connectivity index (χ3n) is 2.31. The van der Waals surface area contributed by atoms with Gasteiger partial charge in [-0.15, -0.1) is 0 Å². The fourth-order valence-electron chi connectivity index (χ4n) is 1.15. The molecule has 7 heteroatoms. The molecule has 0 saturated heterocycles. The van der Waals surface area contributed by atoms with Crippen LogP contribution in [0.3, 0.4) is 0 Å². The molecule has 6 nitrogen and oxygen atoms in total. The summed E-state index contributed by atoms with van der Waals surface area (Å²) >= 11 is 1.04. The maximum atomic E-state index is 11.5. The highest BCUT2D eigenvalue weighted by molar-refractivity contribution is 7.07. The van der Waals surface area contributed by atoms with Crippen molar-refractivity contribution < 1.29 is 14.7 Å². The van der Waals surface area contributed by atoms with Gasteiger partial charge in [0.25, 0.3) is 0 Å². The third-order valence-corrected chi connectivity index (χ3v) is 3.19. The number of aryl methyl sites for hydroxylation is 1. The minimum absolute atomic E-state index is 0.0616. The highest BCUT2D eigenvalue weighted by Crippen LogP contribution is 1.99. The molecule has 0 saturated carbocycles.